The van der Waals surface area contributed by atoms with Gasteiger partial charge in [0, 0.05) is 13.6 Å². The van der Waals surface area contributed by atoms with Gasteiger partial charge in [0.2, 0.25) is 5.28 Å². The molecule has 4 nitrogen and oxygen atoms in total. The highest BCUT2D eigenvalue weighted by atomic mass is 35.5. The summed E-state index contributed by atoms with van der Waals surface area (Å²) in [6.07, 6.45) is 0.244. The second-order valence-electron chi connectivity index (χ2n) is 4.30. The van der Waals surface area contributed by atoms with Crippen LogP contribution in [0.4, 0.5) is 5.82 Å². The van der Waals surface area contributed by atoms with E-state index < -0.39 is 0 Å². The van der Waals surface area contributed by atoms with Gasteiger partial charge in [-0.3, -0.25) is 0 Å². The first kappa shape index (κ1) is 13.5. The van der Waals surface area contributed by atoms with E-state index in [9.17, 15) is 0 Å². The molecule has 0 amide bonds. The molecule has 0 atom stereocenters. The summed E-state index contributed by atoms with van der Waals surface area (Å²) < 4.78 is 5.54. The Bertz CT molecular complexity index is 529. The third-order valence-electron chi connectivity index (χ3n) is 2.52. The van der Waals surface area contributed by atoms with Gasteiger partial charge in [0.05, 0.1) is 18.1 Å². The van der Waals surface area contributed by atoms with E-state index in [1.807, 2.05) is 37.2 Å². The van der Waals surface area contributed by atoms with Gasteiger partial charge in [0.25, 0.3) is 0 Å². The maximum absolute atomic E-state index is 5.94. The summed E-state index contributed by atoms with van der Waals surface area (Å²) in [6.45, 7) is 5.50. The Hall–Kier alpha value is -0.910. The third kappa shape index (κ3) is 3.10. The van der Waals surface area contributed by atoms with E-state index in [0.29, 0.717) is 6.61 Å². The summed E-state index contributed by atoms with van der Waals surface area (Å²) in [7, 11) is 1.99. The maximum Gasteiger partial charge on any atom is 0.225 e. The summed E-state index contributed by atoms with van der Waals surface area (Å²) in [5.41, 5.74) is 0. The fourth-order valence-electron chi connectivity index (χ4n) is 1.64. The topological polar surface area (TPSA) is 38.2 Å². The zero-order valence-electron chi connectivity index (χ0n) is 10.7. The smallest absolute Gasteiger partial charge is 0.225 e. The monoisotopic (exact) mass is 285 g/mol. The normalized spacial score (nSPS) is 11.4. The van der Waals surface area contributed by atoms with E-state index in [0.717, 1.165) is 22.6 Å². The molecule has 18 heavy (non-hydrogen) atoms. The average molecular weight is 286 g/mol. The van der Waals surface area contributed by atoms with Gasteiger partial charge in [0.1, 0.15) is 10.6 Å². The molecule has 0 radical (unpaired) electrons. The van der Waals surface area contributed by atoms with Gasteiger partial charge < -0.3 is 9.64 Å². The van der Waals surface area contributed by atoms with Crippen LogP contribution in [0.3, 0.4) is 0 Å². The van der Waals surface area contributed by atoms with Crippen LogP contribution in [0.5, 0.6) is 0 Å². The Morgan fingerprint density at radius 2 is 2.22 bits per heavy atom. The first-order chi connectivity index (χ1) is 8.58. The van der Waals surface area contributed by atoms with E-state index in [1.165, 1.54) is 0 Å². The number of nitrogens with zero attached hydrogens (tertiary/aromatic N) is 3. The molecule has 0 bridgehead atoms. The minimum Gasteiger partial charge on any atom is -0.377 e. The lowest BCUT2D eigenvalue weighted by Crippen LogP contribution is -2.25. The van der Waals surface area contributed by atoms with Crippen LogP contribution in [0.2, 0.25) is 5.28 Å². The van der Waals surface area contributed by atoms with Crippen LogP contribution in [0, 0.1) is 0 Å². The number of likely N-dealkylation sites (N-methyl/N-ethyl adjacent to an activating group) is 1. The summed E-state index contributed by atoms with van der Waals surface area (Å²) in [4.78, 5) is 11.5. The van der Waals surface area contributed by atoms with Gasteiger partial charge in [-0.1, -0.05) is 0 Å². The van der Waals surface area contributed by atoms with Crippen molar-refractivity contribution in [2.75, 3.05) is 25.1 Å². The van der Waals surface area contributed by atoms with Crippen LogP contribution >= 0.6 is 22.9 Å². The Balaban J connectivity index is 2.16. The SMILES string of the molecule is CC(C)OCCN(C)c1nc(Cl)nc2sccc12. The van der Waals surface area contributed by atoms with Crippen molar-refractivity contribution >= 4 is 39.0 Å². The minimum atomic E-state index is 0.244. The molecule has 0 unspecified atom stereocenters. The van der Waals surface area contributed by atoms with Crippen LogP contribution in [0.1, 0.15) is 13.8 Å². The number of thiophene rings is 1. The number of hydrogen-bond donors (Lipinski definition) is 0. The number of halogens is 1. The van der Waals surface area contributed by atoms with Crippen LogP contribution in [0.15, 0.2) is 11.4 Å². The molecule has 98 valence electrons. The first-order valence-electron chi connectivity index (χ1n) is 5.81. The van der Waals surface area contributed by atoms with E-state index in [4.69, 9.17) is 16.3 Å². The van der Waals surface area contributed by atoms with E-state index >= 15 is 0 Å². The van der Waals surface area contributed by atoms with Gasteiger partial charge in [-0.05, 0) is 36.9 Å². The number of ether oxygens (including phenoxy) is 1. The van der Waals surface area contributed by atoms with Gasteiger partial charge in [-0.2, -0.15) is 4.98 Å². The highest BCUT2D eigenvalue weighted by molar-refractivity contribution is 7.16. The predicted octanol–water partition coefficient (Wildman–Crippen LogP) is 3.21. The molecule has 0 aliphatic heterocycles. The van der Waals surface area contributed by atoms with Gasteiger partial charge >= 0.3 is 0 Å². The second kappa shape index (κ2) is 5.82. The summed E-state index contributed by atoms with van der Waals surface area (Å²) >= 11 is 7.50. The van der Waals surface area contributed by atoms with E-state index in [1.54, 1.807) is 11.3 Å². The van der Waals surface area contributed by atoms with Gasteiger partial charge in [-0.15, -0.1) is 11.3 Å². The highest BCUT2D eigenvalue weighted by Crippen LogP contribution is 2.28. The lowest BCUT2D eigenvalue weighted by Gasteiger charge is -2.19. The first-order valence-corrected chi connectivity index (χ1v) is 7.07. The fraction of sp³-hybridized carbons (Fsp3) is 0.500. The zero-order chi connectivity index (χ0) is 13.1. The van der Waals surface area contributed by atoms with Crippen LogP contribution < -0.4 is 4.90 Å². The molecule has 6 heteroatoms. The molecule has 0 aliphatic carbocycles. The van der Waals surface area contributed by atoms with Crippen molar-refractivity contribution in [2.45, 2.75) is 20.0 Å². The molecular weight excluding hydrogens is 270 g/mol. The van der Waals surface area contributed by atoms with Crippen LogP contribution in [-0.2, 0) is 4.74 Å². The molecule has 0 N–H and O–H groups in total. The Kier molecular flexibility index (Phi) is 4.37. The zero-order valence-corrected chi connectivity index (χ0v) is 12.3. The van der Waals surface area contributed by atoms with Gasteiger partial charge in [0.15, 0.2) is 0 Å². The summed E-state index contributed by atoms with van der Waals surface area (Å²) in [5, 5.41) is 3.32. The van der Waals surface area contributed by atoms with Crippen molar-refractivity contribution in [3.63, 3.8) is 0 Å². The number of aromatic nitrogens is 2. The Morgan fingerprint density at radius 1 is 1.44 bits per heavy atom. The fourth-order valence-corrected chi connectivity index (χ4v) is 2.61. The molecule has 2 heterocycles. The third-order valence-corrected chi connectivity index (χ3v) is 3.49. The van der Waals surface area contributed by atoms with Crippen molar-refractivity contribution in [2.24, 2.45) is 0 Å². The van der Waals surface area contributed by atoms with E-state index in [-0.39, 0.29) is 11.4 Å². The average Bonchev–Trinajstić information content (AvgIpc) is 2.74. The van der Waals surface area contributed by atoms with Crippen LogP contribution in [-0.4, -0.2) is 36.3 Å². The van der Waals surface area contributed by atoms with Crippen LogP contribution in [0.25, 0.3) is 10.2 Å². The van der Waals surface area contributed by atoms with Crippen molar-refractivity contribution in [3.8, 4) is 0 Å². The quantitative estimate of drug-likeness (QED) is 0.791. The lowest BCUT2D eigenvalue weighted by molar-refractivity contribution is 0.0845. The molecule has 0 aliphatic rings. The Morgan fingerprint density at radius 3 is 2.94 bits per heavy atom. The molecule has 2 rings (SSSR count). The minimum absolute atomic E-state index is 0.244. The second-order valence-corrected chi connectivity index (χ2v) is 5.53. The maximum atomic E-state index is 5.94. The number of fused-ring (bicyclic) bond motifs is 1. The molecule has 0 saturated carbocycles. The number of anilines is 1. The molecular formula is C12H16ClN3OS. The molecule has 0 saturated heterocycles. The van der Waals surface area contributed by atoms with E-state index in [2.05, 4.69) is 9.97 Å². The molecule has 0 spiro atoms. The van der Waals surface area contributed by atoms with Crippen molar-refractivity contribution in [3.05, 3.63) is 16.7 Å². The summed E-state index contributed by atoms with van der Waals surface area (Å²) in [6, 6.07) is 2.02. The van der Waals surface area contributed by atoms with Crippen molar-refractivity contribution in [1.29, 1.82) is 0 Å². The largest absolute Gasteiger partial charge is 0.377 e. The lowest BCUT2D eigenvalue weighted by atomic mass is 10.3. The predicted molar refractivity (Wildman–Crippen MR) is 76.8 cm³/mol. The molecule has 2 aromatic heterocycles. The van der Waals surface area contributed by atoms with Gasteiger partial charge in [-0.25, -0.2) is 4.98 Å². The Labute approximate surface area is 116 Å². The highest BCUT2D eigenvalue weighted by Gasteiger charge is 2.11. The molecule has 0 fully saturated rings. The summed E-state index contributed by atoms with van der Waals surface area (Å²) in [5.74, 6) is 0.860. The van der Waals surface area contributed by atoms with Crippen molar-refractivity contribution in [1.82, 2.24) is 9.97 Å². The standard InChI is InChI=1S/C12H16ClN3OS/c1-8(2)17-6-5-16(3)10-9-4-7-18-11(9)15-12(13)14-10/h4,7-8H,5-6H2,1-3H3. The molecule has 2 aromatic rings. The molecule has 0 aromatic carbocycles. The number of rotatable bonds is 5. The number of hydrogen-bond acceptors (Lipinski definition) is 5. The van der Waals surface area contributed by atoms with Crippen molar-refractivity contribution < 1.29 is 4.74 Å².